The van der Waals surface area contributed by atoms with E-state index in [0.717, 1.165) is 12.1 Å². The second-order valence-corrected chi connectivity index (χ2v) is 3.68. The largest absolute Gasteiger partial charge is 0.326 e. The molecule has 3 nitrogen and oxygen atoms in total. The predicted molar refractivity (Wildman–Crippen MR) is 58.4 cm³/mol. The van der Waals surface area contributed by atoms with Crippen molar-refractivity contribution >= 4 is 0 Å². The highest BCUT2D eigenvalue weighted by Gasteiger charge is 2.08. The zero-order valence-electron chi connectivity index (χ0n) is 9.08. The fourth-order valence-electron chi connectivity index (χ4n) is 1.64. The molecule has 0 fully saturated rings. The molecule has 0 aliphatic heterocycles. The van der Waals surface area contributed by atoms with Crippen LogP contribution >= 0.6 is 0 Å². The van der Waals surface area contributed by atoms with Crippen LogP contribution in [0.25, 0.3) is 0 Å². The molecule has 0 saturated heterocycles. The van der Waals surface area contributed by atoms with Crippen molar-refractivity contribution < 1.29 is 0 Å². The average Bonchev–Trinajstić information content (AvgIpc) is 2.16. The summed E-state index contributed by atoms with van der Waals surface area (Å²) in [4.78, 5) is 11.9. The van der Waals surface area contributed by atoms with Crippen molar-refractivity contribution in [2.75, 3.05) is 0 Å². The summed E-state index contributed by atoms with van der Waals surface area (Å²) in [6, 6.07) is 4.02. The monoisotopic (exact) mass is 194 g/mol. The first kappa shape index (κ1) is 11.0. The Morgan fingerprint density at radius 1 is 1.43 bits per heavy atom. The molecule has 1 rings (SSSR count). The molecule has 78 valence electrons. The first-order valence-corrected chi connectivity index (χ1v) is 5.05. The van der Waals surface area contributed by atoms with E-state index in [1.807, 2.05) is 30.5 Å². The molecule has 0 amide bonds. The smallest absolute Gasteiger partial charge is 0.255 e. The maximum atomic E-state index is 11.9. The predicted octanol–water partition coefficient (Wildman–Crippen LogP) is 1.45. The van der Waals surface area contributed by atoms with Gasteiger partial charge in [0.2, 0.25) is 0 Å². The Morgan fingerprint density at radius 2 is 2.07 bits per heavy atom. The second-order valence-electron chi connectivity index (χ2n) is 3.68. The topological polar surface area (TPSA) is 48.0 Å². The van der Waals surface area contributed by atoms with E-state index in [9.17, 15) is 4.79 Å². The van der Waals surface area contributed by atoms with Gasteiger partial charge in [-0.15, -0.1) is 0 Å². The van der Waals surface area contributed by atoms with Gasteiger partial charge in [0.1, 0.15) is 0 Å². The molecule has 1 aromatic heterocycles. The molecule has 1 heterocycles. The van der Waals surface area contributed by atoms with Gasteiger partial charge >= 0.3 is 0 Å². The number of nitrogens with two attached hydrogens (primary N) is 1. The third-order valence-electron chi connectivity index (χ3n) is 2.38. The van der Waals surface area contributed by atoms with Crippen molar-refractivity contribution in [2.45, 2.75) is 39.8 Å². The van der Waals surface area contributed by atoms with Gasteiger partial charge in [0.15, 0.2) is 0 Å². The zero-order valence-corrected chi connectivity index (χ0v) is 9.08. The lowest BCUT2D eigenvalue weighted by atomic mass is 10.2. The van der Waals surface area contributed by atoms with Crippen molar-refractivity contribution in [3.63, 3.8) is 0 Å². The number of hydrogen-bond donors (Lipinski definition) is 1. The average molecular weight is 194 g/mol. The van der Waals surface area contributed by atoms with Crippen LogP contribution < -0.4 is 11.3 Å². The Balaban J connectivity index is 3.39. The lowest BCUT2D eigenvalue weighted by molar-refractivity contribution is 0.548. The van der Waals surface area contributed by atoms with Gasteiger partial charge < -0.3 is 10.3 Å². The molecule has 3 heteroatoms. The number of pyridine rings is 1. The lowest BCUT2D eigenvalue weighted by Gasteiger charge is -2.16. The van der Waals surface area contributed by atoms with E-state index in [0.29, 0.717) is 12.1 Å². The molecule has 14 heavy (non-hydrogen) atoms. The molecule has 0 saturated carbocycles. The Hall–Kier alpha value is -1.09. The third-order valence-corrected chi connectivity index (χ3v) is 2.38. The fraction of sp³-hybridized carbons (Fsp3) is 0.545. The molecule has 0 aliphatic carbocycles. The van der Waals surface area contributed by atoms with E-state index in [1.165, 1.54) is 0 Å². The Morgan fingerprint density at radius 3 is 2.50 bits per heavy atom. The zero-order chi connectivity index (χ0) is 10.7. The van der Waals surface area contributed by atoms with Crippen molar-refractivity contribution in [1.29, 1.82) is 0 Å². The van der Waals surface area contributed by atoms with Crippen LogP contribution in [0.2, 0.25) is 0 Å². The van der Waals surface area contributed by atoms with Gasteiger partial charge in [-0.1, -0.05) is 13.0 Å². The molecule has 0 spiro atoms. The van der Waals surface area contributed by atoms with Gasteiger partial charge in [0.25, 0.3) is 5.56 Å². The van der Waals surface area contributed by atoms with Crippen LogP contribution in [-0.2, 0) is 13.0 Å². The van der Waals surface area contributed by atoms with Crippen LogP contribution in [0.3, 0.4) is 0 Å². The first-order valence-electron chi connectivity index (χ1n) is 5.05. The van der Waals surface area contributed by atoms with Crippen LogP contribution in [0.1, 0.15) is 38.1 Å². The van der Waals surface area contributed by atoms with E-state index >= 15 is 0 Å². The molecular formula is C11H18N2O. The molecule has 1 aromatic rings. The van der Waals surface area contributed by atoms with Crippen LogP contribution in [0.5, 0.6) is 0 Å². The summed E-state index contributed by atoms with van der Waals surface area (Å²) in [5.74, 6) is 0. The summed E-state index contributed by atoms with van der Waals surface area (Å²) < 4.78 is 1.82. The third kappa shape index (κ3) is 1.87. The van der Waals surface area contributed by atoms with Crippen LogP contribution in [-0.4, -0.2) is 4.57 Å². The molecule has 0 radical (unpaired) electrons. The van der Waals surface area contributed by atoms with Crippen LogP contribution in [0, 0.1) is 0 Å². The minimum Gasteiger partial charge on any atom is -0.326 e. The second kappa shape index (κ2) is 4.42. The number of hydrogen-bond acceptors (Lipinski definition) is 2. The minimum absolute atomic E-state index is 0.0573. The number of aromatic nitrogens is 1. The lowest BCUT2D eigenvalue weighted by Crippen LogP contribution is -2.29. The number of rotatable bonds is 3. The fourth-order valence-corrected chi connectivity index (χ4v) is 1.64. The summed E-state index contributed by atoms with van der Waals surface area (Å²) in [6.07, 6.45) is 0.873. The van der Waals surface area contributed by atoms with Crippen molar-refractivity contribution in [2.24, 2.45) is 5.73 Å². The van der Waals surface area contributed by atoms with E-state index in [-0.39, 0.29) is 11.6 Å². The summed E-state index contributed by atoms with van der Waals surface area (Å²) in [7, 11) is 0. The Bertz CT molecular complexity index is 366. The van der Waals surface area contributed by atoms with Crippen molar-refractivity contribution in [1.82, 2.24) is 4.57 Å². The van der Waals surface area contributed by atoms with Gasteiger partial charge in [-0.05, 0) is 26.3 Å². The summed E-state index contributed by atoms with van der Waals surface area (Å²) in [6.45, 7) is 6.40. The normalized spacial score (nSPS) is 10.9. The SMILES string of the molecule is CCc1ccc(CN)c(=O)n1C(C)C. The highest BCUT2D eigenvalue weighted by atomic mass is 16.1. The molecule has 0 bridgehead atoms. The quantitative estimate of drug-likeness (QED) is 0.791. The van der Waals surface area contributed by atoms with Crippen molar-refractivity contribution in [3.05, 3.63) is 33.7 Å². The summed E-state index contributed by atoms with van der Waals surface area (Å²) in [5.41, 5.74) is 7.32. The van der Waals surface area contributed by atoms with Crippen molar-refractivity contribution in [3.8, 4) is 0 Å². The molecule has 0 aliphatic rings. The van der Waals surface area contributed by atoms with Gasteiger partial charge in [-0.25, -0.2) is 0 Å². The van der Waals surface area contributed by atoms with Crippen LogP contribution in [0.4, 0.5) is 0 Å². The minimum atomic E-state index is 0.0573. The highest BCUT2D eigenvalue weighted by Crippen LogP contribution is 2.08. The summed E-state index contributed by atoms with van der Waals surface area (Å²) >= 11 is 0. The highest BCUT2D eigenvalue weighted by molar-refractivity contribution is 5.16. The van der Waals surface area contributed by atoms with Gasteiger partial charge in [0.05, 0.1) is 0 Å². The van der Waals surface area contributed by atoms with E-state index in [1.54, 1.807) is 0 Å². The summed E-state index contributed by atoms with van der Waals surface area (Å²) in [5, 5.41) is 0. The maximum absolute atomic E-state index is 11.9. The Kier molecular flexibility index (Phi) is 3.47. The molecule has 0 atom stereocenters. The molecule has 2 N–H and O–H groups in total. The van der Waals surface area contributed by atoms with E-state index in [2.05, 4.69) is 6.92 Å². The number of aryl methyl sites for hydroxylation is 1. The van der Waals surface area contributed by atoms with Gasteiger partial charge in [-0.3, -0.25) is 4.79 Å². The maximum Gasteiger partial charge on any atom is 0.255 e. The standard InChI is InChI=1S/C11H18N2O/c1-4-10-6-5-9(7-12)11(14)13(10)8(2)3/h5-6,8H,4,7,12H2,1-3H3. The first-order chi connectivity index (χ1) is 6.61. The Labute approximate surface area is 84.6 Å². The van der Waals surface area contributed by atoms with Gasteiger partial charge in [-0.2, -0.15) is 0 Å². The number of nitrogens with zero attached hydrogens (tertiary/aromatic N) is 1. The molecule has 0 aromatic carbocycles. The van der Waals surface area contributed by atoms with E-state index < -0.39 is 0 Å². The van der Waals surface area contributed by atoms with E-state index in [4.69, 9.17) is 5.73 Å². The molecular weight excluding hydrogens is 176 g/mol. The molecule has 0 unspecified atom stereocenters. The van der Waals surface area contributed by atoms with Gasteiger partial charge in [0, 0.05) is 23.8 Å². The van der Waals surface area contributed by atoms with Crippen LogP contribution in [0.15, 0.2) is 16.9 Å².